The molecule has 0 radical (unpaired) electrons. The molecule has 3 rings (SSSR count). The molecule has 7 heteroatoms. The first-order valence-corrected chi connectivity index (χ1v) is 11.3. The number of hydrogen-bond acceptors (Lipinski definition) is 4. The quantitative estimate of drug-likeness (QED) is 0.249. The Hall–Kier alpha value is -3.97. The minimum absolute atomic E-state index is 0.0757. The monoisotopic (exact) mass is 516 g/mol. The van der Waals surface area contributed by atoms with Gasteiger partial charge in [0.1, 0.15) is 5.70 Å². The normalized spacial score (nSPS) is 11.9. The summed E-state index contributed by atoms with van der Waals surface area (Å²) in [5.74, 6) is -0.932. The number of hydrogen-bond donors (Lipinski definition) is 2. The number of anilines is 1. The van der Waals surface area contributed by atoms with Gasteiger partial charge in [-0.3, -0.25) is 9.59 Å². The van der Waals surface area contributed by atoms with Crippen molar-refractivity contribution in [3.63, 3.8) is 0 Å². The van der Waals surface area contributed by atoms with Crippen molar-refractivity contribution in [3.8, 4) is 0 Å². The first-order valence-electron chi connectivity index (χ1n) is 10.5. The van der Waals surface area contributed by atoms with Crippen LogP contribution in [-0.4, -0.2) is 32.1 Å². The molecule has 0 spiro atoms. The van der Waals surface area contributed by atoms with Crippen molar-refractivity contribution in [2.75, 3.05) is 19.0 Å². The highest BCUT2D eigenvalue weighted by molar-refractivity contribution is 9.12. The minimum Gasteiger partial charge on any atom is -0.378 e. The molecule has 0 aromatic heterocycles. The van der Waals surface area contributed by atoms with Gasteiger partial charge in [0.05, 0.1) is 6.21 Å². The van der Waals surface area contributed by atoms with Crippen LogP contribution in [0.3, 0.4) is 0 Å². The molecule has 34 heavy (non-hydrogen) atoms. The number of allylic oxidation sites excluding steroid dienone is 1. The van der Waals surface area contributed by atoms with Crippen LogP contribution in [0.5, 0.6) is 0 Å². The van der Waals surface area contributed by atoms with Crippen LogP contribution in [0.1, 0.15) is 21.5 Å². The molecular weight excluding hydrogens is 492 g/mol. The highest BCUT2D eigenvalue weighted by Crippen LogP contribution is 2.15. The molecule has 0 heterocycles. The number of carbonyl (C=O) groups excluding carboxylic acids is 2. The SMILES string of the molecule is CN(C)c1ccc(C=C(NC(=O)c2ccccc2)C(=O)NN=CC(Br)=Cc2ccccc2)cc1. The van der Waals surface area contributed by atoms with Gasteiger partial charge < -0.3 is 10.2 Å². The number of amides is 2. The summed E-state index contributed by atoms with van der Waals surface area (Å²) in [7, 11) is 3.90. The summed E-state index contributed by atoms with van der Waals surface area (Å²) in [5, 5.41) is 6.71. The molecule has 0 bridgehead atoms. The Morgan fingerprint density at radius 1 is 0.824 bits per heavy atom. The van der Waals surface area contributed by atoms with Crippen molar-refractivity contribution in [1.29, 1.82) is 0 Å². The molecular formula is C27H25BrN4O2. The second-order valence-electron chi connectivity index (χ2n) is 7.50. The molecule has 0 aliphatic rings. The zero-order valence-electron chi connectivity index (χ0n) is 18.9. The average molecular weight is 517 g/mol. The van der Waals surface area contributed by atoms with E-state index in [1.807, 2.05) is 85.7 Å². The predicted molar refractivity (Wildman–Crippen MR) is 143 cm³/mol. The van der Waals surface area contributed by atoms with Crippen molar-refractivity contribution in [1.82, 2.24) is 10.7 Å². The van der Waals surface area contributed by atoms with E-state index in [0.29, 0.717) is 10.0 Å². The molecule has 6 nitrogen and oxygen atoms in total. The summed E-state index contributed by atoms with van der Waals surface area (Å²) in [4.78, 5) is 27.5. The van der Waals surface area contributed by atoms with E-state index in [1.54, 1.807) is 30.3 Å². The first kappa shape index (κ1) is 24.7. The lowest BCUT2D eigenvalue weighted by Gasteiger charge is -2.12. The molecule has 0 atom stereocenters. The summed E-state index contributed by atoms with van der Waals surface area (Å²) < 4.78 is 0.678. The lowest BCUT2D eigenvalue weighted by Crippen LogP contribution is -2.32. The highest BCUT2D eigenvalue weighted by Gasteiger charge is 2.14. The molecule has 0 aliphatic heterocycles. The predicted octanol–water partition coefficient (Wildman–Crippen LogP) is 5.06. The molecule has 3 aromatic rings. The molecule has 0 unspecified atom stereocenters. The van der Waals surface area contributed by atoms with Gasteiger partial charge in [0.25, 0.3) is 11.8 Å². The maximum Gasteiger partial charge on any atom is 0.287 e. The molecule has 2 amide bonds. The summed E-state index contributed by atoms with van der Waals surface area (Å²) >= 11 is 3.42. The average Bonchev–Trinajstić information content (AvgIpc) is 2.85. The molecule has 0 saturated carbocycles. The van der Waals surface area contributed by atoms with Crippen LogP contribution >= 0.6 is 15.9 Å². The van der Waals surface area contributed by atoms with Crippen LogP contribution in [0.25, 0.3) is 12.2 Å². The zero-order valence-corrected chi connectivity index (χ0v) is 20.5. The maximum atomic E-state index is 12.9. The topological polar surface area (TPSA) is 73.8 Å². The largest absolute Gasteiger partial charge is 0.378 e. The van der Waals surface area contributed by atoms with Gasteiger partial charge in [0.2, 0.25) is 0 Å². The number of halogens is 1. The zero-order chi connectivity index (χ0) is 24.3. The fourth-order valence-electron chi connectivity index (χ4n) is 2.94. The number of carbonyl (C=O) groups is 2. The van der Waals surface area contributed by atoms with E-state index in [4.69, 9.17) is 0 Å². The number of nitrogens with zero attached hydrogens (tertiary/aromatic N) is 2. The van der Waals surface area contributed by atoms with Gasteiger partial charge in [0, 0.05) is 29.8 Å². The maximum absolute atomic E-state index is 12.9. The lowest BCUT2D eigenvalue weighted by molar-refractivity contribution is -0.117. The van der Waals surface area contributed by atoms with Crippen LogP contribution in [0.4, 0.5) is 5.69 Å². The molecule has 2 N–H and O–H groups in total. The van der Waals surface area contributed by atoms with E-state index < -0.39 is 5.91 Å². The molecule has 0 saturated heterocycles. The Labute approximate surface area is 207 Å². The number of benzene rings is 3. The third-order valence-corrected chi connectivity index (χ3v) is 5.14. The Bertz CT molecular complexity index is 1200. The van der Waals surface area contributed by atoms with Crippen LogP contribution in [0.15, 0.2) is 100 Å². The van der Waals surface area contributed by atoms with E-state index in [-0.39, 0.29) is 11.6 Å². The molecule has 0 aliphatic carbocycles. The van der Waals surface area contributed by atoms with Gasteiger partial charge in [-0.25, -0.2) is 5.43 Å². The second-order valence-corrected chi connectivity index (χ2v) is 8.42. The molecule has 3 aromatic carbocycles. The van der Waals surface area contributed by atoms with E-state index in [1.165, 1.54) is 6.21 Å². The van der Waals surface area contributed by atoms with Gasteiger partial charge in [0.15, 0.2) is 0 Å². The Kier molecular flexibility index (Phi) is 8.94. The number of rotatable bonds is 8. The van der Waals surface area contributed by atoms with Gasteiger partial charge in [-0.05, 0) is 63.5 Å². The second kappa shape index (κ2) is 12.3. The van der Waals surface area contributed by atoms with Crippen LogP contribution in [0, 0.1) is 0 Å². The van der Waals surface area contributed by atoms with Crippen molar-refractivity contribution in [2.24, 2.45) is 5.10 Å². The third kappa shape index (κ3) is 7.56. The van der Waals surface area contributed by atoms with Crippen LogP contribution < -0.4 is 15.6 Å². The van der Waals surface area contributed by atoms with Gasteiger partial charge >= 0.3 is 0 Å². The molecule has 0 fully saturated rings. The number of nitrogens with one attached hydrogen (secondary N) is 2. The van der Waals surface area contributed by atoms with E-state index in [9.17, 15) is 9.59 Å². The fraction of sp³-hybridized carbons (Fsp3) is 0.0741. The van der Waals surface area contributed by atoms with Crippen molar-refractivity contribution in [2.45, 2.75) is 0 Å². The lowest BCUT2D eigenvalue weighted by atomic mass is 10.1. The first-order chi connectivity index (χ1) is 16.4. The Morgan fingerprint density at radius 2 is 1.41 bits per heavy atom. The van der Waals surface area contributed by atoms with Crippen molar-refractivity contribution >= 4 is 51.8 Å². The highest BCUT2D eigenvalue weighted by atomic mass is 79.9. The smallest absolute Gasteiger partial charge is 0.287 e. The summed E-state index contributed by atoms with van der Waals surface area (Å²) in [5.41, 5.74) is 5.77. The van der Waals surface area contributed by atoms with Gasteiger partial charge in [-0.1, -0.05) is 60.7 Å². The summed E-state index contributed by atoms with van der Waals surface area (Å²) in [6, 6.07) is 26.0. The third-order valence-electron chi connectivity index (χ3n) is 4.71. The molecule has 172 valence electrons. The van der Waals surface area contributed by atoms with E-state index in [2.05, 4.69) is 31.8 Å². The number of hydrazone groups is 1. The van der Waals surface area contributed by atoms with Crippen molar-refractivity contribution < 1.29 is 9.59 Å². The van der Waals surface area contributed by atoms with Gasteiger partial charge in [-0.15, -0.1) is 0 Å². The Balaban J connectivity index is 1.78. The minimum atomic E-state index is -0.544. The summed E-state index contributed by atoms with van der Waals surface area (Å²) in [6.07, 6.45) is 4.96. The van der Waals surface area contributed by atoms with Crippen molar-refractivity contribution in [3.05, 3.63) is 112 Å². The van der Waals surface area contributed by atoms with E-state index in [0.717, 1.165) is 16.8 Å². The Morgan fingerprint density at radius 3 is 2.03 bits per heavy atom. The van der Waals surface area contributed by atoms with E-state index >= 15 is 0 Å². The summed E-state index contributed by atoms with van der Waals surface area (Å²) in [6.45, 7) is 0. The van der Waals surface area contributed by atoms with Gasteiger partial charge in [-0.2, -0.15) is 5.10 Å². The van der Waals surface area contributed by atoms with Crippen LogP contribution in [-0.2, 0) is 4.79 Å². The standard InChI is InChI=1S/C27H25BrN4O2/c1-32(2)24-15-13-21(14-16-24)18-25(30-26(33)22-11-7-4-8-12-22)27(34)31-29-19-23(28)17-20-9-5-3-6-10-20/h3-19H,1-2H3,(H,30,33)(H,31,34). The fourth-order valence-corrected chi connectivity index (χ4v) is 3.30. The van der Waals surface area contributed by atoms with Crippen LogP contribution in [0.2, 0.25) is 0 Å².